The van der Waals surface area contributed by atoms with Crippen LogP contribution in [0.25, 0.3) is 0 Å². The quantitative estimate of drug-likeness (QED) is 0.473. The predicted octanol–water partition coefficient (Wildman–Crippen LogP) is 1.92. The first kappa shape index (κ1) is 8.64. The van der Waals surface area contributed by atoms with Gasteiger partial charge in [-0.1, -0.05) is 0 Å². The molecule has 0 atom stereocenters. The smallest absolute Gasteiger partial charge is 0.258 e. The van der Waals surface area contributed by atoms with E-state index in [0.717, 1.165) is 11.3 Å². The van der Waals surface area contributed by atoms with Crippen LogP contribution in [0.15, 0.2) is 6.07 Å². The van der Waals surface area contributed by atoms with E-state index in [1.807, 2.05) is 13.8 Å². The summed E-state index contributed by atoms with van der Waals surface area (Å²) in [6.07, 6.45) is 0. The number of aromatic nitrogens is 1. The van der Waals surface area contributed by atoms with Crippen molar-refractivity contribution in [2.45, 2.75) is 20.8 Å². The second-order valence-electron chi connectivity index (χ2n) is 2.75. The highest BCUT2D eigenvalue weighted by Gasteiger charge is 2.12. The normalized spacial score (nSPS) is 9.92. The first-order valence-electron chi connectivity index (χ1n) is 3.61. The van der Waals surface area contributed by atoms with Gasteiger partial charge in [-0.25, -0.2) is 0 Å². The predicted molar refractivity (Wildman–Crippen MR) is 45.1 cm³/mol. The maximum absolute atomic E-state index is 10.5. The van der Waals surface area contributed by atoms with Crippen LogP contribution in [0, 0.1) is 30.9 Å². The molecule has 0 spiro atoms. The zero-order chi connectivity index (χ0) is 9.30. The van der Waals surface area contributed by atoms with E-state index in [0.29, 0.717) is 5.69 Å². The Balaban J connectivity index is 3.33. The summed E-state index contributed by atoms with van der Waals surface area (Å²) in [6, 6.07) is 1.55. The van der Waals surface area contributed by atoms with Crippen molar-refractivity contribution in [2.75, 3.05) is 0 Å². The summed E-state index contributed by atoms with van der Waals surface area (Å²) >= 11 is 0. The third-order valence-electron chi connectivity index (χ3n) is 1.83. The van der Waals surface area contributed by atoms with E-state index in [1.165, 1.54) is 0 Å². The van der Waals surface area contributed by atoms with Gasteiger partial charge < -0.3 is 0 Å². The minimum Gasteiger partial charge on any atom is -0.258 e. The van der Waals surface area contributed by atoms with Gasteiger partial charge in [0.25, 0.3) is 5.69 Å². The molecule has 0 fully saturated rings. The van der Waals surface area contributed by atoms with Crippen LogP contribution in [0.5, 0.6) is 0 Å². The SMILES string of the molecule is Cc1cc([N+](=O)[O-])c(C)nc1C. The minimum atomic E-state index is -0.408. The largest absolute Gasteiger partial charge is 0.290 e. The van der Waals surface area contributed by atoms with E-state index < -0.39 is 4.92 Å². The van der Waals surface area contributed by atoms with Crippen molar-refractivity contribution >= 4 is 5.69 Å². The Kier molecular flexibility index (Phi) is 2.08. The summed E-state index contributed by atoms with van der Waals surface area (Å²) in [7, 11) is 0. The molecule has 0 aliphatic carbocycles. The molecule has 0 saturated heterocycles. The van der Waals surface area contributed by atoms with Crippen molar-refractivity contribution in [3.05, 3.63) is 33.1 Å². The highest BCUT2D eigenvalue weighted by atomic mass is 16.6. The fraction of sp³-hybridized carbons (Fsp3) is 0.375. The highest BCUT2D eigenvalue weighted by molar-refractivity contribution is 5.39. The standard InChI is InChI=1S/C8H10N2O2/c1-5-4-8(10(11)12)7(3)9-6(5)2/h4H,1-3H3. The third kappa shape index (κ3) is 1.42. The highest BCUT2D eigenvalue weighted by Crippen LogP contribution is 2.18. The molecular weight excluding hydrogens is 156 g/mol. The molecule has 0 saturated carbocycles. The number of hydrogen-bond donors (Lipinski definition) is 0. The Morgan fingerprint density at radius 1 is 1.33 bits per heavy atom. The molecule has 0 amide bonds. The molecule has 0 radical (unpaired) electrons. The molecule has 0 aliphatic heterocycles. The molecule has 4 heteroatoms. The fourth-order valence-electron chi connectivity index (χ4n) is 0.996. The van der Waals surface area contributed by atoms with Crippen molar-refractivity contribution in [2.24, 2.45) is 0 Å². The third-order valence-corrected chi connectivity index (χ3v) is 1.83. The average molecular weight is 166 g/mol. The lowest BCUT2D eigenvalue weighted by Crippen LogP contribution is -1.97. The summed E-state index contributed by atoms with van der Waals surface area (Å²) in [4.78, 5) is 14.1. The molecule has 4 nitrogen and oxygen atoms in total. The van der Waals surface area contributed by atoms with Crippen LogP contribution in [-0.4, -0.2) is 9.91 Å². The first-order chi connectivity index (χ1) is 5.52. The molecule has 0 N–H and O–H groups in total. The Morgan fingerprint density at radius 2 is 1.92 bits per heavy atom. The van der Waals surface area contributed by atoms with Gasteiger partial charge in [-0.05, 0) is 26.3 Å². The summed E-state index contributed by atoms with van der Waals surface area (Å²) in [5.41, 5.74) is 2.27. The molecule has 1 rings (SSSR count). The summed E-state index contributed by atoms with van der Waals surface area (Å²) in [6.45, 7) is 5.30. The molecule has 1 aromatic rings. The van der Waals surface area contributed by atoms with Gasteiger partial charge in [0, 0.05) is 11.8 Å². The topological polar surface area (TPSA) is 56.0 Å². The van der Waals surface area contributed by atoms with Gasteiger partial charge in [-0.3, -0.25) is 15.1 Å². The molecular formula is C8H10N2O2. The number of rotatable bonds is 1. The second-order valence-corrected chi connectivity index (χ2v) is 2.75. The van der Waals surface area contributed by atoms with Crippen LogP contribution >= 0.6 is 0 Å². The van der Waals surface area contributed by atoms with Gasteiger partial charge in [0.05, 0.1) is 4.92 Å². The zero-order valence-corrected chi connectivity index (χ0v) is 7.29. The zero-order valence-electron chi connectivity index (χ0n) is 7.29. The Labute approximate surface area is 70.4 Å². The van der Waals surface area contributed by atoms with Crippen LogP contribution in [0.2, 0.25) is 0 Å². The molecule has 0 bridgehead atoms. The van der Waals surface area contributed by atoms with E-state index in [-0.39, 0.29) is 5.69 Å². The molecule has 0 unspecified atom stereocenters. The monoisotopic (exact) mass is 166 g/mol. The van der Waals surface area contributed by atoms with E-state index in [1.54, 1.807) is 13.0 Å². The van der Waals surface area contributed by atoms with Gasteiger partial charge >= 0.3 is 0 Å². The van der Waals surface area contributed by atoms with Crippen LogP contribution < -0.4 is 0 Å². The molecule has 1 heterocycles. The van der Waals surface area contributed by atoms with Gasteiger partial charge in [0.1, 0.15) is 5.69 Å². The number of pyridine rings is 1. The van der Waals surface area contributed by atoms with Crippen molar-refractivity contribution in [1.82, 2.24) is 4.98 Å². The molecule has 64 valence electrons. The number of nitrogens with zero attached hydrogens (tertiary/aromatic N) is 2. The Bertz CT molecular complexity index is 334. The lowest BCUT2D eigenvalue weighted by atomic mass is 10.2. The average Bonchev–Trinajstić information content (AvgIpc) is 1.96. The molecule has 0 aromatic carbocycles. The van der Waals surface area contributed by atoms with Crippen molar-refractivity contribution in [1.29, 1.82) is 0 Å². The maximum Gasteiger partial charge on any atom is 0.290 e. The molecule has 12 heavy (non-hydrogen) atoms. The summed E-state index contributed by atoms with van der Waals surface area (Å²) < 4.78 is 0. The van der Waals surface area contributed by atoms with Crippen molar-refractivity contribution in [3.63, 3.8) is 0 Å². The summed E-state index contributed by atoms with van der Waals surface area (Å²) in [5.74, 6) is 0. The molecule has 0 aliphatic rings. The Morgan fingerprint density at radius 3 is 2.42 bits per heavy atom. The molecule has 1 aromatic heterocycles. The van der Waals surface area contributed by atoms with Crippen LogP contribution in [-0.2, 0) is 0 Å². The lowest BCUT2D eigenvalue weighted by molar-refractivity contribution is -0.385. The number of nitro groups is 1. The van der Waals surface area contributed by atoms with Gasteiger partial charge in [0.15, 0.2) is 0 Å². The minimum absolute atomic E-state index is 0.0955. The van der Waals surface area contributed by atoms with E-state index in [9.17, 15) is 10.1 Å². The van der Waals surface area contributed by atoms with E-state index in [4.69, 9.17) is 0 Å². The van der Waals surface area contributed by atoms with Crippen molar-refractivity contribution in [3.8, 4) is 0 Å². The second kappa shape index (κ2) is 2.89. The fourth-order valence-corrected chi connectivity index (χ4v) is 0.996. The van der Waals surface area contributed by atoms with E-state index >= 15 is 0 Å². The van der Waals surface area contributed by atoms with Crippen LogP contribution in [0.3, 0.4) is 0 Å². The van der Waals surface area contributed by atoms with Crippen LogP contribution in [0.1, 0.15) is 17.0 Å². The van der Waals surface area contributed by atoms with E-state index in [2.05, 4.69) is 4.98 Å². The number of aryl methyl sites for hydroxylation is 3. The number of hydrogen-bond acceptors (Lipinski definition) is 3. The van der Waals surface area contributed by atoms with Gasteiger partial charge in [-0.15, -0.1) is 0 Å². The van der Waals surface area contributed by atoms with Crippen molar-refractivity contribution < 1.29 is 4.92 Å². The Hall–Kier alpha value is -1.45. The van der Waals surface area contributed by atoms with Crippen LogP contribution in [0.4, 0.5) is 5.69 Å². The van der Waals surface area contributed by atoms with Gasteiger partial charge in [0.2, 0.25) is 0 Å². The summed E-state index contributed by atoms with van der Waals surface area (Å²) in [5, 5.41) is 10.5. The first-order valence-corrected chi connectivity index (χ1v) is 3.61. The van der Waals surface area contributed by atoms with Gasteiger partial charge in [-0.2, -0.15) is 0 Å². The maximum atomic E-state index is 10.5. The lowest BCUT2D eigenvalue weighted by Gasteiger charge is -2.00.